The van der Waals surface area contributed by atoms with Crippen molar-refractivity contribution in [3.05, 3.63) is 107 Å². The van der Waals surface area contributed by atoms with Crippen LogP contribution in [0.2, 0.25) is 0 Å². The van der Waals surface area contributed by atoms with Crippen molar-refractivity contribution in [2.24, 2.45) is 0 Å². The van der Waals surface area contributed by atoms with Crippen molar-refractivity contribution in [2.75, 3.05) is 0 Å². The summed E-state index contributed by atoms with van der Waals surface area (Å²) in [5, 5.41) is 0. The summed E-state index contributed by atoms with van der Waals surface area (Å²) in [6.45, 7) is 14.4. The van der Waals surface area contributed by atoms with Gasteiger partial charge in [0.2, 0.25) is 0 Å². The monoisotopic (exact) mass is 404 g/mol. The van der Waals surface area contributed by atoms with Crippen molar-refractivity contribution in [2.45, 2.75) is 67.7 Å². The summed E-state index contributed by atoms with van der Waals surface area (Å²) in [7, 11) is 0. The molecule has 0 heterocycles. The lowest BCUT2D eigenvalue weighted by Crippen LogP contribution is -1.94. The van der Waals surface area contributed by atoms with Gasteiger partial charge in [-0.2, -0.15) is 0 Å². The number of aryl methyl sites for hydroxylation is 4. The average molecular weight is 405 g/mol. The third-order valence-electron chi connectivity index (χ3n) is 4.26. The number of hydrogen-bond acceptors (Lipinski definition) is 1. The molecular weight excluding hydrogens is 364 g/mol. The van der Waals surface area contributed by atoms with Gasteiger partial charge in [-0.25, -0.2) is 0 Å². The molecule has 0 fully saturated rings. The molecule has 0 aliphatic rings. The van der Waals surface area contributed by atoms with Crippen LogP contribution in [-0.2, 0) is 6.42 Å². The number of carbonyl (C=O) groups excluding carboxylic acids is 1. The van der Waals surface area contributed by atoms with Crippen LogP contribution in [0.3, 0.4) is 0 Å². The zero-order valence-electron chi connectivity index (χ0n) is 20.0. The number of carbonyl (C=O) groups is 1. The number of Topliss-reactive ketones (excluding diaryl/α,β-unsaturated/α-hetero) is 1. The second-order valence-corrected chi connectivity index (χ2v) is 7.04. The Bertz CT molecular complexity index is 780. The Hall–Kier alpha value is -2.67. The predicted octanol–water partition coefficient (Wildman–Crippen LogP) is 8.56. The smallest absolute Gasteiger partial charge is 0.162 e. The van der Waals surface area contributed by atoms with Crippen LogP contribution in [-0.4, -0.2) is 5.78 Å². The highest BCUT2D eigenvalue weighted by molar-refractivity contribution is 5.95. The van der Waals surface area contributed by atoms with Gasteiger partial charge in [0.15, 0.2) is 5.78 Å². The fourth-order valence-electron chi connectivity index (χ4n) is 2.62. The molecule has 0 aliphatic carbocycles. The van der Waals surface area contributed by atoms with Crippen LogP contribution >= 0.6 is 0 Å². The van der Waals surface area contributed by atoms with Crippen molar-refractivity contribution in [1.29, 1.82) is 0 Å². The molecule has 0 saturated heterocycles. The highest BCUT2D eigenvalue weighted by Crippen LogP contribution is 2.05. The van der Waals surface area contributed by atoms with Gasteiger partial charge in [0.1, 0.15) is 0 Å². The van der Waals surface area contributed by atoms with E-state index in [9.17, 15) is 4.79 Å². The van der Waals surface area contributed by atoms with E-state index in [4.69, 9.17) is 0 Å². The number of hydrogen-bond donors (Lipinski definition) is 0. The molecule has 0 aliphatic heterocycles. The first-order valence-corrected chi connectivity index (χ1v) is 11.1. The Morgan fingerprint density at radius 3 is 1.63 bits per heavy atom. The molecular formula is C29H40O. The van der Waals surface area contributed by atoms with Crippen LogP contribution in [0.5, 0.6) is 0 Å². The van der Waals surface area contributed by atoms with Crippen molar-refractivity contribution in [1.82, 2.24) is 0 Å². The van der Waals surface area contributed by atoms with Gasteiger partial charge >= 0.3 is 0 Å². The second-order valence-electron chi connectivity index (χ2n) is 7.04. The van der Waals surface area contributed by atoms with Crippen LogP contribution in [0, 0.1) is 20.8 Å². The van der Waals surface area contributed by atoms with Crippen LogP contribution < -0.4 is 0 Å². The Balaban J connectivity index is 0.000000406. The highest BCUT2D eigenvalue weighted by Gasteiger charge is 1.98. The molecule has 3 aromatic carbocycles. The lowest BCUT2D eigenvalue weighted by atomic mass is 10.1. The molecule has 1 heteroatoms. The molecule has 0 bridgehead atoms. The largest absolute Gasteiger partial charge is 0.294 e. The zero-order chi connectivity index (χ0) is 22.8. The Morgan fingerprint density at radius 2 is 1.20 bits per heavy atom. The van der Waals surface area contributed by atoms with Crippen LogP contribution in [0.4, 0.5) is 0 Å². The van der Waals surface area contributed by atoms with Gasteiger partial charge in [-0.05, 0) is 32.8 Å². The van der Waals surface area contributed by atoms with E-state index in [0.29, 0.717) is 6.42 Å². The van der Waals surface area contributed by atoms with Crippen molar-refractivity contribution in [3.63, 3.8) is 0 Å². The van der Waals surface area contributed by atoms with Gasteiger partial charge in [0.05, 0.1) is 0 Å². The predicted molar refractivity (Wildman–Crippen MR) is 134 cm³/mol. The molecule has 3 aromatic rings. The van der Waals surface area contributed by atoms with E-state index >= 15 is 0 Å². The molecule has 162 valence electrons. The van der Waals surface area contributed by atoms with Gasteiger partial charge in [-0.1, -0.05) is 130 Å². The van der Waals surface area contributed by atoms with Crippen molar-refractivity contribution < 1.29 is 4.79 Å². The standard InChI is InChI=1S/C10H14.C9H10O.C8H10.C2H6/c1-3-5-10-7-4-6-9(2)8-10;1-2-9(10)8-6-4-3-5-7-8;1-7-3-5-8(2)6-4-7;1-2/h4,6-8H,3,5H2,1-2H3;3-7H,2H2,1H3;3-6H,1-2H3;1-2H3. The van der Waals surface area contributed by atoms with Crippen LogP contribution in [0.1, 0.15) is 73.1 Å². The first-order valence-electron chi connectivity index (χ1n) is 11.1. The maximum atomic E-state index is 11.0. The van der Waals surface area contributed by atoms with Gasteiger partial charge in [0.25, 0.3) is 0 Å². The Kier molecular flexibility index (Phi) is 15.7. The highest BCUT2D eigenvalue weighted by atomic mass is 16.1. The summed E-state index contributed by atoms with van der Waals surface area (Å²) < 4.78 is 0. The van der Waals surface area contributed by atoms with E-state index in [1.165, 1.54) is 35.1 Å². The lowest BCUT2D eigenvalue weighted by Gasteiger charge is -1.97. The molecule has 0 radical (unpaired) electrons. The SMILES string of the molecule is CC.CCC(=O)c1ccccc1.CCCc1cccc(C)c1.Cc1ccc(C)cc1. The van der Waals surface area contributed by atoms with E-state index < -0.39 is 0 Å². The minimum absolute atomic E-state index is 0.209. The van der Waals surface area contributed by atoms with E-state index in [1.54, 1.807) is 0 Å². The lowest BCUT2D eigenvalue weighted by molar-refractivity contribution is 0.0988. The summed E-state index contributed by atoms with van der Waals surface area (Å²) >= 11 is 0. The van der Waals surface area contributed by atoms with Crippen LogP contribution in [0.25, 0.3) is 0 Å². The molecule has 0 aromatic heterocycles. The topological polar surface area (TPSA) is 17.1 Å². The molecule has 0 spiro atoms. The molecule has 0 saturated carbocycles. The molecule has 0 atom stereocenters. The van der Waals surface area contributed by atoms with Gasteiger partial charge in [0, 0.05) is 12.0 Å². The number of ketones is 1. The van der Waals surface area contributed by atoms with Crippen molar-refractivity contribution >= 4 is 5.78 Å². The fraction of sp³-hybridized carbons (Fsp3) is 0.345. The van der Waals surface area contributed by atoms with E-state index in [-0.39, 0.29) is 5.78 Å². The Morgan fingerprint density at radius 1 is 0.667 bits per heavy atom. The molecule has 1 nitrogen and oxygen atoms in total. The number of rotatable bonds is 4. The molecule has 0 N–H and O–H groups in total. The van der Waals surface area contributed by atoms with Gasteiger partial charge in [-0.15, -0.1) is 0 Å². The summed E-state index contributed by atoms with van der Waals surface area (Å²) in [4.78, 5) is 11.0. The first kappa shape index (κ1) is 27.3. The van der Waals surface area contributed by atoms with E-state index in [2.05, 4.69) is 76.2 Å². The normalized spacial score (nSPS) is 9.03. The third-order valence-corrected chi connectivity index (χ3v) is 4.26. The zero-order valence-corrected chi connectivity index (χ0v) is 20.0. The maximum absolute atomic E-state index is 11.0. The minimum atomic E-state index is 0.209. The van der Waals surface area contributed by atoms with Crippen LogP contribution in [0.15, 0.2) is 78.9 Å². The average Bonchev–Trinajstić information content (AvgIpc) is 2.78. The van der Waals surface area contributed by atoms with Gasteiger partial charge in [-0.3, -0.25) is 4.79 Å². The minimum Gasteiger partial charge on any atom is -0.294 e. The summed E-state index contributed by atoms with van der Waals surface area (Å²) in [5.41, 5.74) is 6.30. The van der Waals surface area contributed by atoms with Crippen molar-refractivity contribution in [3.8, 4) is 0 Å². The second kappa shape index (κ2) is 17.2. The van der Waals surface area contributed by atoms with E-state index in [0.717, 1.165) is 5.56 Å². The summed E-state index contributed by atoms with van der Waals surface area (Å²) in [5.74, 6) is 0.209. The maximum Gasteiger partial charge on any atom is 0.162 e. The third kappa shape index (κ3) is 12.7. The summed E-state index contributed by atoms with van der Waals surface area (Å²) in [6.07, 6.45) is 3.04. The van der Waals surface area contributed by atoms with E-state index in [1.807, 2.05) is 51.1 Å². The first-order chi connectivity index (χ1) is 14.5. The molecule has 0 amide bonds. The van der Waals surface area contributed by atoms with Gasteiger partial charge < -0.3 is 0 Å². The fourth-order valence-corrected chi connectivity index (χ4v) is 2.62. The quantitative estimate of drug-likeness (QED) is 0.398. The molecule has 0 unspecified atom stereocenters. The Labute approximate surface area is 185 Å². The summed E-state index contributed by atoms with van der Waals surface area (Å²) in [6, 6.07) is 26.5. The molecule has 3 rings (SSSR count). The number of benzene rings is 3. The molecule has 30 heavy (non-hydrogen) atoms.